The van der Waals surface area contributed by atoms with Crippen LogP contribution in [-0.2, 0) is 4.74 Å². The second-order valence-corrected chi connectivity index (χ2v) is 10.8. The molecule has 9 nitrogen and oxygen atoms in total. The fourth-order valence-corrected chi connectivity index (χ4v) is 4.43. The number of alkyl carbamates (subject to hydrolysis) is 1. The molecule has 0 bridgehead atoms. The molecule has 3 rings (SSSR count). The summed E-state index contributed by atoms with van der Waals surface area (Å²) in [7, 11) is 0. The van der Waals surface area contributed by atoms with Crippen LogP contribution in [0.5, 0.6) is 11.5 Å². The Morgan fingerprint density at radius 1 is 1.19 bits per heavy atom. The topological polar surface area (TPSA) is 96.9 Å². The van der Waals surface area contributed by atoms with Gasteiger partial charge >= 0.3 is 6.09 Å². The number of halogens is 1. The molecule has 1 aliphatic heterocycles. The monoisotopic (exact) mass is 515 g/mol. The Hall–Kier alpha value is -3.43. The summed E-state index contributed by atoms with van der Waals surface area (Å²) in [5, 5.41) is 2.83. The Kier molecular flexibility index (Phi) is 8.94. The maximum absolute atomic E-state index is 14.2. The zero-order valence-electron chi connectivity index (χ0n) is 22.7. The number of rotatable bonds is 8. The van der Waals surface area contributed by atoms with Crippen molar-refractivity contribution in [2.45, 2.75) is 72.6 Å². The molecular formula is C27H38FN5O4. The third-order valence-corrected chi connectivity index (χ3v) is 5.92. The molecule has 1 atom stereocenters. The van der Waals surface area contributed by atoms with Gasteiger partial charge in [-0.3, -0.25) is 4.79 Å². The smallest absolute Gasteiger partial charge is 0.407 e. The van der Waals surface area contributed by atoms with E-state index in [9.17, 15) is 14.0 Å². The van der Waals surface area contributed by atoms with Crippen molar-refractivity contribution in [3.63, 3.8) is 0 Å². The molecule has 37 heavy (non-hydrogen) atoms. The first-order valence-electron chi connectivity index (χ1n) is 12.7. The van der Waals surface area contributed by atoms with E-state index in [1.807, 2.05) is 48.5 Å². The number of ether oxygens (including phenoxy) is 2. The van der Waals surface area contributed by atoms with Crippen LogP contribution in [0.4, 0.5) is 15.0 Å². The number of aromatic nitrogens is 2. The van der Waals surface area contributed by atoms with Crippen LogP contribution in [0.25, 0.3) is 0 Å². The summed E-state index contributed by atoms with van der Waals surface area (Å²) < 4.78 is 25.7. The maximum atomic E-state index is 14.2. The Bertz CT molecular complexity index is 1090. The second kappa shape index (κ2) is 11.7. The highest BCUT2D eigenvalue weighted by atomic mass is 19.1. The van der Waals surface area contributed by atoms with Crippen LogP contribution in [0.2, 0.25) is 0 Å². The molecule has 0 radical (unpaired) electrons. The van der Waals surface area contributed by atoms with E-state index in [2.05, 4.69) is 20.2 Å². The number of carbonyl (C=O) groups excluding carboxylic acids is 2. The van der Waals surface area contributed by atoms with E-state index in [0.29, 0.717) is 31.2 Å². The third kappa shape index (κ3) is 7.53. The van der Waals surface area contributed by atoms with Crippen LogP contribution in [0, 0.1) is 11.7 Å². The molecule has 1 aromatic heterocycles. The van der Waals surface area contributed by atoms with Crippen LogP contribution in [0.1, 0.15) is 65.2 Å². The van der Waals surface area contributed by atoms with Crippen LogP contribution < -0.4 is 15.0 Å². The average molecular weight is 516 g/mol. The van der Waals surface area contributed by atoms with Crippen molar-refractivity contribution < 1.29 is 23.5 Å². The lowest BCUT2D eigenvalue weighted by molar-refractivity contribution is 0.0520. The van der Waals surface area contributed by atoms with Crippen molar-refractivity contribution in [2.75, 3.05) is 24.5 Å². The number of anilines is 1. The summed E-state index contributed by atoms with van der Waals surface area (Å²) in [5.41, 5.74) is -0.418. The highest BCUT2D eigenvalue weighted by Crippen LogP contribution is 2.35. The highest BCUT2D eigenvalue weighted by Gasteiger charge is 2.29. The van der Waals surface area contributed by atoms with Crippen molar-refractivity contribution in [3.05, 3.63) is 42.1 Å². The van der Waals surface area contributed by atoms with Gasteiger partial charge in [0.2, 0.25) is 0 Å². The van der Waals surface area contributed by atoms with Gasteiger partial charge in [-0.25, -0.2) is 19.2 Å². The lowest BCUT2D eigenvalue weighted by atomic mass is 10.1. The second-order valence-electron chi connectivity index (χ2n) is 10.8. The number of hydrogen-bond acceptors (Lipinski definition) is 7. The lowest BCUT2D eigenvalue weighted by Gasteiger charge is -2.31. The van der Waals surface area contributed by atoms with Gasteiger partial charge in [-0.05, 0) is 79.0 Å². The van der Waals surface area contributed by atoms with Crippen LogP contribution in [0.15, 0.2) is 30.7 Å². The van der Waals surface area contributed by atoms with Gasteiger partial charge in [-0.15, -0.1) is 0 Å². The van der Waals surface area contributed by atoms with E-state index < -0.39 is 17.5 Å². The molecule has 1 aromatic carbocycles. The predicted octanol–water partition coefficient (Wildman–Crippen LogP) is 5.02. The van der Waals surface area contributed by atoms with Crippen molar-refractivity contribution >= 4 is 17.8 Å². The van der Waals surface area contributed by atoms with Gasteiger partial charge in [0.15, 0.2) is 11.6 Å². The molecule has 0 unspecified atom stereocenters. The lowest BCUT2D eigenvalue weighted by Crippen LogP contribution is -2.42. The van der Waals surface area contributed by atoms with Gasteiger partial charge in [-0.1, -0.05) is 0 Å². The first-order chi connectivity index (χ1) is 17.4. The first-order valence-corrected chi connectivity index (χ1v) is 12.7. The standard InChI is InChI=1S/C27H38FN5O4/c1-17(2)33(18(3)4)25(34)21-12-20(28)8-9-22(21)36-23-14-29-16-31-24(23)32-11-10-19(15-32)13-30-26(35)37-27(5,6)7/h8-9,12,14,16-19H,10-11,13,15H2,1-7H3,(H,30,35)/t19-/m0/s1. The maximum Gasteiger partial charge on any atom is 0.407 e. The molecule has 2 amide bonds. The zero-order valence-corrected chi connectivity index (χ0v) is 22.7. The summed E-state index contributed by atoms with van der Waals surface area (Å²) in [6.45, 7) is 15.0. The molecular weight excluding hydrogens is 477 g/mol. The fraction of sp³-hybridized carbons (Fsp3) is 0.556. The van der Waals surface area contributed by atoms with Crippen molar-refractivity contribution in [3.8, 4) is 11.5 Å². The van der Waals surface area contributed by atoms with E-state index in [-0.39, 0.29) is 35.2 Å². The van der Waals surface area contributed by atoms with Crippen LogP contribution in [0.3, 0.4) is 0 Å². The Morgan fingerprint density at radius 2 is 1.89 bits per heavy atom. The van der Waals surface area contributed by atoms with Gasteiger partial charge in [0.25, 0.3) is 5.91 Å². The Balaban J connectivity index is 1.77. The van der Waals surface area contributed by atoms with Gasteiger partial charge in [0.05, 0.1) is 11.8 Å². The minimum atomic E-state index is -0.555. The number of amides is 2. The first kappa shape index (κ1) is 28.1. The number of nitrogens with zero attached hydrogens (tertiary/aromatic N) is 4. The molecule has 2 aromatic rings. The van der Waals surface area contributed by atoms with E-state index in [0.717, 1.165) is 6.42 Å². The minimum Gasteiger partial charge on any atom is -0.451 e. The molecule has 0 aliphatic carbocycles. The normalized spacial score (nSPS) is 15.7. The molecule has 1 fully saturated rings. The summed E-state index contributed by atoms with van der Waals surface area (Å²) in [4.78, 5) is 37.7. The van der Waals surface area contributed by atoms with Crippen LogP contribution in [-0.4, -0.2) is 64.2 Å². The molecule has 1 saturated heterocycles. The molecule has 0 spiro atoms. The molecule has 0 saturated carbocycles. The van der Waals surface area contributed by atoms with Crippen molar-refractivity contribution in [1.82, 2.24) is 20.2 Å². The minimum absolute atomic E-state index is 0.0740. The number of carbonyl (C=O) groups is 2. The quantitative estimate of drug-likeness (QED) is 0.527. The third-order valence-electron chi connectivity index (χ3n) is 5.92. The predicted molar refractivity (Wildman–Crippen MR) is 140 cm³/mol. The van der Waals surface area contributed by atoms with E-state index >= 15 is 0 Å². The Labute approximate surface area is 218 Å². The summed E-state index contributed by atoms with van der Waals surface area (Å²) in [6.07, 6.45) is 3.37. The number of nitrogens with one attached hydrogen (secondary N) is 1. The summed E-state index contributed by atoms with van der Waals surface area (Å²) in [5.74, 6) is 0.534. The number of benzene rings is 1. The number of hydrogen-bond donors (Lipinski definition) is 1. The van der Waals surface area contributed by atoms with Gasteiger partial charge < -0.3 is 24.6 Å². The largest absolute Gasteiger partial charge is 0.451 e. The fourth-order valence-electron chi connectivity index (χ4n) is 4.43. The zero-order chi connectivity index (χ0) is 27.3. The van der Waals surface area contributed by atoms with Gasteiger partial charge in [0, 0.05) is 31.7 Å². The molecule has 10 heteroatoms. The SMILES string of the molecule is CC(C)N(C(=O)c1cc(F)ccc1Oc1cncnc1N1CC[C@@H](CNC(=O)OC(C)(C)C)C1)C(C)C. The summed E-state index contributed by atoms with van der Waals surface area (Å²) >= 11 is 0. The van der Waals surface area contributed by atoms with Gasteiger partial charge in [-0.2, -0.15) is 0 Å². The van der Waals surface area contributed by atoms with Crippen molar-refractivity contribution in [1.29, 1.82) is 0 Å². The molecule has 202 valence electrons. The average Bonchev–Trinajstić information content (AvgIpc) is 3.26. The van der Waals surface area contributed by atoms with E-state index in [1.165, 1.54) is 30.7 Å². The highest BCUT2D eigenvalue weighted by molar-refractivity contribution is 5.97. The van der Waals surface area contributed by atoms with Crippen LogP contribution >= 0.6 is 0 Å². The van der Waals surface area contributed by atoms with E-state index in [1.54, 1.807) is 4.90 Å². The van der Waals surface area contributed by atoms with Gasteiger partial charge in [0.1, 0.15) is 23.5 Å². The van der Waals surface area contributed by atoms with E-state index in [4.69, 9.17) is 9.47 Å². The Morgan fingerprint density at radius 3 is 2.54 bits per heavy atom. The van der Waals surface area contributed by atoms with Crippen molar-refractivity contribution in [2.24, 2.45) is 5.92 Å². The summed E-state index contributed by atoms with van der Waals surface area (Å²) in [6, 6.07) is 3.77. The molecule has 2 heterocycles. The molecule has 1 N–H and O–H groups in total. The molecule has 1 aliphatic rings.